The van der Waals surface area contributed by atoms with Crippen LogP contribution in [0.1, 0.15) is 10.5 Å². The number of fused-ring (bicyclic) bond motifs is 1. The highest BCUT2D eigenvalue weighted by Gasteiger charge is 2.16. The summed E-state index contributed by atoms with van der Waals surface area (Å²) in [5.74, 6) is 0.504. The molecule has 3 aromatic heterocycles. The van der Waals surface area contributed by atoms with Crippen molar-refractivity contribution >= 4 is 29.1 Å². The summed E-state index contributed by atoms with van der Waals surface area (Å²) in [6, 6.07) is 11.5. The third-order valence-electron chi connectivity index (χ3n) is 3.75. The van der Waals surface area contributed by atoms with Crippen LogP contribution in [0.15, 0.2) is 55.0 Å². The quantitative estimate of drug-likeness (QED) is 0.614. The van der Waals surface area contributed by atoms with E-state index in [0.717, 1.165) is 11.3 Å². The Bertz CT molecular complexity index is 1050. The molecular formula is C17H13ClN6O. The minimum absolute atomic E-state index is 0.275. The number of aryl methyl sites for hydroxylation is 1. The van der Waals surface area contributed by atoms with Crippen molar-refractivity contribution in [3.63, 3.8) is 0 Å². The number of nitrogens with zero attached hydrogens (tertiary/aromatic N) is 5. The topological polar surface area (TPSA) is 77.1 Å². The zero-order valence-electron chi connectivity index (χ0n) is 13.2. The van der Waals surface area contributed by atoms with E-state index in [9.17, 15) is 4.79 Å². The van der Waals surface area contributed by atoms with E-state index in [0.29, 0.717) is 11.6 Å². The first-order chi connectivity index (χ1) is 12.1. The fraction of sp³-hybridized carbons (Fsp3) is 0.0588. The van der Waals surface area contributed by atoms with Crippen LogP contribution in [0.2, 0.25) is 5.02 Å². The molecule has 0 saturated carbocycles. The van der Waals surface area contributed by atoms with Gasteiger partial charge in [0, 0.05) is 25.0 Å². The van der Waals surface area contributed by atoms with Crippen LogP contribution in [0.5, 0.6) is 0 Å². The standard InChI is InChI=1S/C17H13ClN6O/c1-23-15(12(18)9-19-23)16(25)21-14-7-8-24-10-13(20-17(24)22-14)11-5-3-2-4-6-11/h2-10H,1H3,(H,20,21,22,25). The number of hydrogen-bond donors (Lipinski definition) is 1. The molecule has 0 aliphatic rings. The highest BCUT2D eigenvalue weighted by Crippen LogP contribution is 2.19. The SMILES string of the molecule is Cn1ncc(Cl)c1C(=O)Nc1ccn2cc(-c3ccccc3)nc2n1. The molecule has 0 radical (unpaired) electrons. The highest BCUT2D eigenvalue weighted by molar-refractivity contribution is 6.34. The molecule has 0 fully saturated rings. The number of imidazole rings is 1. The summed E-state index contributed by atoms with van der Waals surface area (Å²) < 4.78 is 3.22. The number of carbonyl (C=O) groups is 1. The number of amides is 1. The van der Waals surface area contributed by atoms with Gasteiger partial charge in [0.1, 0.15) is 11.5 Å². The van der Waals surface area contributed by atoms with Crippen LogP contribution >= 0.6 is 11.6 Å². The van der Waals surface area contributed by atoms with Gasteiger partial charge >= 0.3 is 0 Å². The van der Waals surface area contributed by atoms with E-state index in [2.05, 4.69) is 20.4 Å². The Labute approximate surface area is 147 Å². The molecule has 0 unspecified atom stereocenters. The Morgan fingerprint density at radius 1 is 1.16 bits per heavy atom. The zero-order chi connectivity index (χ0) is 17.4. The number of halogens is 1. The summed E-state index contributed by atoms with van der Waals surface area (Å²) in [7, 11) is 1.65. The molecule has 0 aliphatic carbocycles. The molecule has 8 heteroatoms. The fourth-order valence-electron chi connectivity index (χ4n) is 2.53. The zero-order valence-corrected chi connectivity index (χ0v) is 14.0. The first-order valence-corrected chi connectivity index (χ1v) is 7.89. The van der Waals surface area contributed by atoms with Gasteiger partial charge < -0.3 is 5.32 Å². The molecule has 0 aliphatic heterocycles. The molecule has 7 nitrogen and oxygen atoms in total. The monoisotopic (exact) mass is 352 g/mol. The maximum absolute atomic E-state index is 12.4. The van der Waals surface area contributed by atoms with Crippen LogP contribution in [0.4, 0.5) is 5.82 Å². The molecule has 0 atom stereocenters. The number of benzene rings is 1. The second-order valence-corrected chi connectivity index (χ2v) is 5.84. The summed E-state index contributed by atoms with van der Waals surface area (Å²) >= 11 is 5.99. The largest absolute Gasteiger partial charge is 0.305 e. The van der Waals surface area contributed by atoms with Gasteiger partial charge in [-0.05, 0) is 6.07 Å². The normalized spacial score (nSPS) is 11.0. The number of carbonyl (C=O) groups excluding carboxylic acids is 1. The van der Waals surface area contributed by atoms with Crippen LogP contribution in [-0.4, -0.2) is 30.1 Å². The second-order valence-electron chi connectivity index (χ2n) is 5.43. The van der Waals surface area contributed by atoms with Gasteiger partial charge in [0.15, 0.2) is 0 Å². The van der Waals surface area contributed by atoms with Crippen LogP contribution in [0.25, 0.3) is 17.0 Å². The Balaban J connectivity index is 1.64. The lowest BCUT2D eigenvalue weighted by Gasteiger charge is -2.05. The van der Waals surface area contributed by atoms with Crippen molar-refractivity contribution in [3.8, 4) is 11.3 Å². The molecule has 4 aromatic rings. The summed E-state index contributed by atoms with van der Waals surface area (Å²) in [6.45, 7) is 0. The van der Waals surface area contributed by atoms with Crippen LogP contribution in [-0.2, 0) is 7.05 Å². The second kappa shape index (κ2) is 6.03. The summed E-state index contributed by atoms with van der Waals surface area (Å²) in [6.07, 6.45) is 5.11. The Morgan fingerprint density at radius 3 is 2.68 bits per heavy atom. The molecule has 124 valence electrons. The molecule has 4 rings (SSSR count). The van der Waals surface area contributed by atoms with Crippen molar-refractivity contribution < 1.29 is 4.79 Å². The van der Waals surface area contributed by atoms with E-state index in [-0.39, 0.29) is 16.6 Å². The first kappa shape index (κ1) is 15.3. The van der Waals surface area contributed by atoms with Gasteiger partial charge in [-0.25, -0.2) is 4.98 Å². The summed E-state index contributed by atoms with van der Waals surface area (Å²) in [5.41, 5.74) is 2.09. The molecule has 0 bridgehead atoms. The lowest BCUT2D eigenvalue weighted by atomic mass is 10.2. The number of nitrogens with one attached hydrogen (secondary N) is 1. The molecular weight excluding hydrogens is 340 g/mol. The van der Waals surface area contributed by atoms with E-state index in [1.165, 1.54) is 10.9 Å². The minimum Gasteiger partial charge on any atom is -0.305 e. The maximum atomic E-state index is 12.4. The summed E-state index contributed by atoms with van der Waals surface area (Å²) in [5, 5.41) is 6.96. The number of aromatic nitrogens is 5. The van der Waals surface area contributed by atoms with E-state index < -0.39 is 0 Å². The van der Waals surface area contributed by atoms with Crippen LogP contribution in [0.3, 0.4) is 0 Å². The Hall–Kier alpha value is -3.19. The van der Waals surface area contributed by atoms with E-state index >= 15 is 0 Å². The van der Waals surface area contributed by atoms with Crippen molar-refractivity contribution in [3.05, 3.63) is 65.7 Å². The van der Waals surface area contributed by atoms with Crippen molar-refractivity contribution in [2.75, 3.05) is 5.32 Å². The van der Waals surface area contributed by atoms with Gasteiger partial charge in [-0.2, -0.15) is 10.1 Å². The molecule has 0 spiro atoms. The third kappa shape index (κ3) is 2.85. The average Bonchev–Trinajstić information content (AvgIpc) is 3.18. The molecule has 3 heterocycles. The van der Waals surface area contributed by atoms with Gasteiger partial charge in [-0.1, -0.05) is 41.9 Å². The van der Waals surface area contributed by atoms with Crippen molar-refractivity contribution in [2.45, 2.75) is 0 Å². The average molecular weight is 353 g/mol. The number of rotatable bonds is 3. The lowest BCUT2D eigenvalue weighted by molar-refractivity contribution is 0.101. The Kier molecular flexibility index (Phi) is 3.70. The number of hydrogen-bond acceptors (Lipinski definition) is 4. The van der Waals surface area contributed by atoms with Gasteiger partial charge in [0.25, 0.3) is 5.91 Å². The van der Waals surface area contributed by atoms with E-state index in [4.69, 9.17) is 11.6 Å². The molecule has 25 heavy (non-hydrogen) atoms. The van der Waals surface area contributed by atoms with Gasteiger partial charge in [0.2, 0.25) is 5.78 Å². The summed E-state index contributed by atoms with van der Waals surface area (Å²) in [4.78, 5) is 21.2. The minimum atomic E-state index is -0.378. The van der Waals surface area contributed by atoms with Crippen molar-refractivity contribution in [1.82, 2.24) is 24.1 Å². The van der Waals surface area contributed by atoms with Crippen LogP contribution in [0, 0.1) is 0 Å². The van der Waals surface area contributed by atoms with Gasteiger partial charge in [0.05, 0.1) is 16.9 Å². The molecule has 1 amide bonds. The van der Waals surface area contributed by atoms with Gasteiger partial charge in [-0.15, -0.1) is 0 Å². The smallest absolute Gasteiger partial charge is 0.276 e. The molecule has 1 aromatic carbocycles. The van der Waals surface area contributed by atoms with Crippen LogP contribution < -0.4 is 5.32 Å². The third-order valence-corrected chi connectivity index (χ3v) is 4.02. The molecule has 0 saturated heterocycles. The maximum Gasteiger partial charge on any atom is 0.276 e. The van der Waals surface area contributed by atoms with Crippen molar-refractivity contribution in [2.24, 2.45) is 7.05 Å². The lowest BCUT2D eigenvalue weighted by Crippen LogP contribution is -2.17. The molecule has 1 N–H and O–H groups in total. The van der Waals surface area contributed by atoms with E-state index in [1.54, 1.807) is 23.7 Å². The predicted molar refractivity (Wildman–Crippen MR) is 94.6 cm³/mol. The Morgan fingerprint density at radius 2 is 1.96 bits per heavy atom. The number of anilines is 1. The van der Waals surface area contributed by atoms with Gasteiger partial charge in [-0.3, -0.25) is 13.9 Å². The van der Waals surface area contributed by atoms with E-state index in [1.807, 2.05) is 36.5 Å². The van der Waals surface area contributed by atoms with Crippen molar-refractivity contribution in [1.29, 1.82) is 0 Å². The first-order valence-electron chi connectivity index (χ1n) is 7.52. The highest BCUT2D eigenvalue weighted by atomic mass is 35.5. The predicted octanol–water partition coefficient (Wildman–Crippen LogP) is 3.04. The fourth-order valence-corrected chi connectivity index (χ4v) is 2.78.